The molecule has 0 aromatic heterocycles. The van der Waals surface area contributed by atoms with E-state index in [0.717, 1.165) is 25.9 Å². The van der Waals surface area contributed by atoms with E-state index in [1.54, 1.807) is 0 Å². The third kappa shape index (κ3) is 5.27. The van der Waals surface area contributed by atoms with E-state index in [4.69, 9.17) is 0 Å². The molecule has 1 aromatic carbocycles. The number of non-ortho nitro benzene ring substituents is 1. The second kappa shape index (κ2) is 8.52. The van der Waals surface area contributed by atoms with E-state index in [1.165, 1.54) is 24.3 Å². The fourth-order valence-electron chi connectivity index (χ4n) is 2.28. The number of hydrogen-bond acceptors (Lipinski definition) is 4. The second-order valence-corrected chi connectivity index (χ2v) is 5.24. The van der Waals surface area contributed by atoms with Gasteiger partial charge in [0.2, 0.25) is 0 Å². The average Bonchev–Trinajstić information content (AvgIpc) is 2.51. The molecule has 5 heteroatoms. The molecule has 0 saturated heterocycles. The molecule has 1 aromatic rings. The van der Waals surface area contributed by atoms with Crippen LogP contribution in [0.25, 0.3) is 0 Å². The van der Waals surface area contributed by atoms with E-state index in [9.17, 15) is 14.9 Å². The lowest BCUT2D eigenvalue weighted by Gasteiger charge is -2.24. The Hall–Kier alpha value is -1.75. The molecule has 21 heavy (non-hydrogen) atoms. The van der Waals surface area contributed by atoms with Gasteiger partial charge in [-0.1, -0.05) is 33.6 Å². The number of likely N-dealkylation sites (N-methyl/N-ethyl adjacent to an activating group) is 1. The van der Waals surface area contributed by atoms with Crippen LogP contribution in [-0.4, -0.2) is 35.2 Å². The molecule has 0 saturated carbocycles. The molecule has 0 bridgehead atoms. The molecule has 1 rings (SSSR count). The van der Waals surface area contributed by atoms with Crippen molar-refractivity contribution in [1.82, 2.24) is 4.90 Å². The van der Waals surface area contributed by atoms with Gasteiger partial charge in [0.15, 0.2) is 5.78 Å². The summed E-state index contributed by atoms with van der Waals surface area (Å²) < 4.78 is 0. The fraction of sp³-hybridized carbons (Fsp3) is 0.562. The molecule has 0 aliphatic rings. The largest absolute Gasteiger partial charge is 0.296 e. The Kier molecular flexibility index (Phi) is 7.02. The molecule has 0 amide bonds. The minimum Gasteiger partial charge on any atom is -0.296 e. The third-order valence-electron chi connectivity index (χ3n) is 3.89. The van der Waals surface area contributed by atoms with Crippen LogP contribution in [0, 0.1) is 16.0 Å². The Morgan fingerprint density at radius 1 is 1.19 bits per heavy atom. The predicted octanol–water partition coefficient (Wildman–Crippen LogP) is 3.54. The monoisotopic (exact) mass is 292 g/mol. The van der Waals surface area contributed by atoms with Gasteiger partial charge >= 0.3 is 0 Å². The number of hydrogen-bond donors (Lipinski definition) is 0. The number of nitrogens with zero attached hydrogens (tertiary/aromatic N) is 2. The van der Waals surface area contributed by atoms with Gasteiger partial charge < -0.3 is 0 Å². The number of carbonyl (C=O) groups is 1. The Morgan fingerprint density at radius 2 is 1.76 bits per heavy atom. The van der Waals surface area contributed by atoms with Crippen LogP contribution in [0.1, 0.15) is 44.0 Å². The zero-order valence-corrected chi connectivity index (χ0v) is 13.0. The van der Waals surface area contributed by atoms with Gasteiger partial charge in [-0.05, 0) is 24.6 Å². The van der Waals surface area contributed by atoms with Gasteiger partial charge in [-0.2, -0.15) is 0 Å². The van der Waals surface area contributed by atoms with E-state index in [1.807, 2.05) is 6.92 Å². The third-order valence-corrected chi connectivity index (χ3v) is 3.89. The van der Waals surface area contributed by atoms with Crippen molar-refractivity contribution in [1.29, 1.82) is 0 Å². The van der Waals surface area contributed by atoms with Gasteiger partial charge in [-0.25, -0.2) is 0 Å². The van der Waals surface area contributed by atoms with Crippen LogP contribution in [0.4, 0.5) is 5.69 Å². The van der Waals surface area contributed by atoms with Crippen LogP contribution in [-0.2, 0) is 0 Å². The summed E-state index contributed by atoms with van der Waals surface area (Å²) in [6.07, 6.45) is 2.22. The molecule has 116 valence electrons. The molecule has 0 fully saturated rings. The summed E-state index contributed by atoms with van der Waals surface area (Å²) in [5.41, 5.74) is 0.541. The topological polar surface area (TPSA) is 63.5 Å². The van der Waals surface area contributed by atoms with Crippen molar-refractivity contribution in [3.8, 4) is 0 Å². The second-order valence-electron chi connectivity index (χ2n) is 5.24. The number of benzene rings is 1. The van der Waals surface area contributed by atoms with Crippen molar-refractivity contribution >= 4 is 11.5 Å². The van der Waals surface area contributed by atoms with Crippen molar-refractivity contribution in [2.24, 2.45) is 5.92 Å². The molecule has 5 nitrogen and oxygen atoms in total. The van der Waals surface area contributed by atoms with Gasteiger partial charge in [0.05, 0.1) is 11.5 Å². The maximum atomic E-state index is 12.2. The molecule has 0 N–H and O–H groups in total. The van der Waals surface area contributed by atoms with Crippen molar-refractivity contribution in [2.75, 3.05) is 19.6 Å². The van der Waals surface area contributed by atoms with Crippen LogP contribution in [0.2, 0.25) is 0 Å². The van der Waals surface area contributed by atoms with E-state index < -0.39 is 4.92 Å². The highest BCUT2D eigenvalue weighted by molar-refractivity contribution is 5.97. The number of rotatable bonds is 9. The van der Waals surface area contributed by atoms with Gasteiger partial charge in [-0.15, -0.1) is 0 Å². The molecule has 0 atom stereocenters. The SMILES string of the molecule is CCC(CC)CN(CC)CC(=O)c1ccc([N+](=O)[O-])cc1. The van der Waals surface area contributed by atoms with E-state index in [2.05, 4.69) is 18.7 Å². The van der Waals surface area contributed by atoms with Crippen LogP contribution >= 0.6 is 0 Å². The molecule has 0 aliphatic carbocycles. The molecule has 0 radical (unpaired) electrons. The summed E-state index contributed by atoms with van der Waals surface area (Å²) in [4.78, 5) is 24.5. The van der Waals surface area contributed by atoms with E-state index in [0.29, 0.717) is 18.0 Å². The lowest BCUT2D eigenvalue weighted by atomic mass is 10.0. The molecule has 0 aliphatic heterocycles. The van der Waals surface area contributed by atoms with Crippen molar-refractivity contribution in [2.45, 2.75) is 33.6 Å². The first-order chi connectivity index (χ1) is 10.0. The summed E-state index contributed by atoms with van der Waals surface area (Å²) >= 11 is 0. The maximum Gasteiger partial charge on any atom is 0.269 e. The van der Waals surface area contributed by atoms with Gasteiger partial charge in [-0.3, -0.25) is 19.8 Å². The highest BCUT2D eigenvalue weighted by atomic mass is 16.6. The highest BCUT2D eigenvalue weighted by Crippen LogP contribution is 2.14. The average molecular weight is 292 g/mol. The number of nitro groups is 1. The summed E-state index contributed by atoms with van der Waals surface area (Å²) in [6, 6.07) is 5.83. The zero-order valence-electron chi connectivity index (χ0n) is 13.0. The smallest absolute Gasteiger partial charge is 0.269 e. The predicted molar refractivity (Wildman–Crippen MR) is 83.6 cm³/mol. The standard InChI is InChI=1S/C16H24N2O3/c1-4-13(5-2)11-17(6-3)12-16(19)14-7-9-15(10-8-14)18(20)21/h7-10,13H,4-6,11-12H2,1-3H3. The maximum absolute atomic E-state index is 12.2. The lowest BCUT2D eigenvalue weighted by molar-refractivity contribution is -0.384. The lowest BCUT2D eigenvalue weighted by Crippen LogP contribution is -2.34. The minimum atomic E-state index is -0.459. The fourth-order valence-corrected chi connectivity index (χ4v) is 2.28. The van der Waals surface area contributed by atoms with E-state index >= 15 is 0 Å². The Labute approximate surface area is 126 Å². The van der Waals surface area contributed by atoms with Crippen LogP contribution in [0.15, 0.2) is 24.3 Å². The molecule has 0 heterocycles. The first-order valence-corrected chi connectivity index (χ1v) is 7.51. The number of ketones is 1. The quantitative estimate of drug-likeness (QED) is 0.397. The Bertz CT molecular complexity index is 467. The zero-order chi connectivity index (χ0) is 15.8. The number of Topliss-reactive ketones (excluding diaryl/α,β-unsaturated/α-hetero) is 1. The Balaban J connectivity index is 2.67. The van der Waals surface area contributed by atoms with Gasteiger partial charge in [0.25, 0.3) is 5.69 Å². The molecule has 0 unspecified atom stereocenters. The Morgan fingerprint density at radius 3 is 2.19 bits per heavy atom. The first-order valence-electron chi connectivity index (χ1n) is 7.51. The first kappa shape index (κ1) is 17.3. The molecule has 0 spiro atoms. The van der Waals surface area contributed by atoms with Crippen LogP contribution in [0.3, 0.4) is 0 Å². The summed E-state index contributed by atoms with van der Waals surface area (Å²) in [7, 11) is 0. The van der Waals surface area contributed by atoms with E-state index in [-0.39, 0.29) is 11.5 Å². The van der Waals surface area contributed by atoms with Crippen molar-refractivity contribution < 1.29 is 9.72 Å². The van der Waals surface area contributed by atoms with Crippen molar-refractivity contribution in [3.05, 3.63) is 39.9 Å². The van der Waals surface area contributed by atoms with Crippen LogP contribution < -0.4 is 0 Å². The van der Waals surface area contributed by atoms with Crippen molar-refractivity contribution in [3.63, 3.8) is 0 Å². The normalized spacial score (nSPS) is 11.1. The number of nitro benzene ring substituents is 1. The number of carbonyl (C=O) groups excluding carboxylic acids is 1. The molecular weight excluding hydrogens is 268 g/mol. The summed E-state index contributed by atoms with van der Waals surface area (Å²) in [6.45, 7) is 8.49. The highest BCUT2D eigenvalue weighted by Gasteiger charge is 2.15. The molecular formula is C16H24N2O3. The summed E-state index contributed by atoms with van der Waals surface area (Å²) in [5.74, 6) is 0.618. The minimum absolute atomic E-state index is 0.0101. The summed E-state index contributed by atoms with van der Waals surface area (Å²) in [5, 5.41) is 10.6. The van der Waals surface area contributed by atoms with Gasteiger partial charge in [0, 0.05) is 24.2 Å². The van der Waals surface area contributed by atoms with Crippen LogP contribution in [0.5, 0.6) is 0 Å². The van der Waals surface area contributed by atoms with Gasteiger partial charge in [0.1, 0.15) is 0 Å².